The Balaban J connectivity index is 1.44. The molecule has 6 nitrogen and oxygen atoms in total. The van der Waals surface area contributed by atoms with Crippen molar-refractivity contribution in [2.24, 2.45) is 0 Å². The predicted octanol–water partition coefficient (Wildman–Crippen LogP) is 2.37. The van der Waals surface area contributed by atoms with Crippen LogP contribution in [0.5, 0.6) is 0 Å². The lowest BCUT2D eigenvalue weighted by Crippen LogP contribution is -2.24. The zero-order valence-electron chi connectivity index (χ0n) is 12.0. The van der Waals surface area contributed by atoms with Gasteiger partial charge >= 0.3 is 0 Å². The Labute approximate surface area is 126 Å². The Morgan fingerprint density at radius 1 is 1.32 bits per heavy atom. The highest BCUT2D eigenvalue weighted by Gasteiger charge is 2.25. The fourth-order valence-electron chi connectivity index (χ4n) is 2.50. The molecule has 1 aromatic carbocycles. The Hall–Kier alpha value is -2.63. The molecule has 0 atom stereocenters. The maximum Gasteiger partial charge on any atom is 0.293 e. The SMILES string of the molecule is O=c1c(NCCc2nc3ccccc3o2)nccn1C1CC1. The molecule has 0 bridgehead atoms. The van der Waals surface area contributed by atoms with Crippen molar-refractivity contribution < 1.29 is 4.42 Å². The Kier molecular flexibility index (Phi) is 3.14. The molecule has 0 radical (unpaired) electrons. The van der Waals surface area contributed by atoms with Crippen molar-refractivity contribution in [2.45, 2.75) is 25.3 Å². The number of oxazole rings is 1. The predicted molar refractivity (Wildman–Crippen MR) is 83.0 cm³/mol. The van der Waals surface area contributed by atoms with Gasteiger partial charge in [0.2, 0.25) is 0 Å². The number of benzene rings is 1. The van der Waals surface area contributed by atoms with Gasteiger partial charge in [0.25, 0.3) is 5.56 Å². The van der Waals surface area contributed by atoms with Crippen LogP contribution in [0.3, 0.4) is 0 Å². The van der Waals surface area contributed by atoms with E-state index < -0.39 is 0 Å². The number of hydrogen-bond donors (Lipinski definition) is 1. The molecule has 4 rings (SSSR count). The summed E-state index contributed by atoms with van der Waals surface area (Å²) >= 11 is 0. The second kappa shape index (κ2) is 5.29. The minimum Gasteiger partial charge on any atom is -0.441 e. The molecule has 0 spiro atoms. The van der Waals surface area contributed by atoms with Crippen LogP contribution in [0.25, 0.3) is 11.1 Å². The van der Waals surface area contributed by atoms with E-state index in [0.29, 0.717) is 30.7 Å². The van der Waals surface area contributed by atoms with Crippen LogP contribution in [0.1, 0.15) is 24.8 Å². The molecule has 0 aliphatic heterocycles. The van der Waals surface area contributed by atoms with Gasteiger partial charge in [-0.05, 0) is 25.0 Å². The van der Waals surface area contributed by atoms with E-state index in [0.717, 1.165) is 23.9 Å². The summed E-state index contributed by atoms with van der Waals surface area (Å²) in [4.78, 5) is 20.8. The topological polar surface area (TPSA) is 73.0 Å². The van der Waals surface area contributed by atoms with Crippen LogP contribution in [-0.4, -0.2) is 21.1 Å². The average molecular weight is 296 g/mol. The first-order chi connectivity index (χ1) is 10.8. The van der Waals surface area contributed by atoms with Gasteiger partial charge in [-0.3, -0.25) is 4.79 Å². The van der Waals surface area contributed by atoms with Gasteiger partial charge in [0, 0.05) is 31.4 Å². The molecule has 1 aliphatic rings. The quantitative estimate of drug-likeness (QED) is 0.782. The second-order valence-electron chi connectivity index (χ2n) is 5.47. The molecular formula is C16H16N4O2. The number of fused-ring (bicyclic) bond motifs is 1. The van der Waals surface area contributed by atoms with Crippen molar-refractivity contribution in [3.63, 3.8) is 0 Å². The highest BCUT2D eigenvalue weighted by atomic mass is 16.3. The molecule has 112 valence electrons. The van der Waals surface area contributed by atoms with Gasteiger partial charge in [0.1, 0.15) is 5.52 Å². The van der Waals surface area contributed by atoms with E-state index in [1.165, 1.54) is 0 Å². The lowest BCUT2D eigenvalue weighted by molar-refractivity contribution is 0.533. The van der Waals surface area contributed by atoms with Crippen LogP contribution in [-0.2, 0) is 6.42 Å². The van der Waals surface area contributed by atoms with Crippen molar-refractivity contribution >= 4 is 16.9 Å². The number of aromatic nitrogens is 3. The summed E-state index contributed by atoms with van der Waals surface area (Å²) in [5.74, 6) is 1.05. The molecule has 1 saturated carbocycles. The first kappa shape index (κ1) is 13.1. The molecule has 3 aromatic rings. The largest absolute Gasteiger partial charge is 0.441 e. The molecule has 1 fully saturated rings. The summed E-state index contributed by atoms with van der Waals surface area (Å²) in [6, 6.07) is 8.02. The van der Waals surface area contributed by atoms with Crippen LogP contribution in [0, 0.1) is 0 Å². The number of para-hydroxylation sites is 2. The summed E-state index contributed by atoms with van der Waals surface area (Å²) in [5, 5.41) is 3.08. The zero-order valence-corrected chi connectivity index (χ0v) is 12.0. The molecule has 22 heavy (non-hydrogen) atoms. The standard InChI is InChI=1S/C16H16N4O2/c21-16-15(18-9-10-20(16)11-5-6-11)17-8-7-14-19-12-3-1-2-4-13(12)22-14/h1-4,9-11H,5-8H2,(H,17,18). The molecule has 0 saturated heterocycles. The van der Waals surface area contributed by atoms with Crippen LogP contribution in [0.2, 0.25) is 0 Å². The van der Waals surface area contributed by atoms with Crippen molar-refractivity contribution in [1.29, 1.82) is 0 Å². The molecule has 2 aromatic heterocycles. The van der Waals surface area contributed by atoms with Gasteiger partial charge in [-0.15, -0.1) is 0 Å². The third-order valence-corrected chi connectivity index (χ3v) is 3.78. The van der Waals surface area contributed by atoms with E-state index in [1.54, 1.807) is 17.0 Å². The fourth-order valence-corrected chi connectivity index (χ4v) is 2.50. The number of rotatable bonds is 5. The van der Waals surface area contributed by atoms with E-state index in [9.17, 15) is 4.79 Å². The van der Waals surface area contributed by atoms with Gasteiger partial charge in [-0.25, -0.2) is 9.97 Å². The summed E-state index contributed by atoms with van der Waals surface area (Å²) in [6.45, 7) is 0.559. The third kappa shape index (κ3) is 2.47. The van der Waals surface area contributed by atoms with E-state index in [-0.39, 0.29) is 5.56 Å². The average Bonchev–Trinajstić information content (AvgIpc) is 3.28. The Bertz CT molecular complexity index is 831. The number of nitrogens with one attached hydrogen (secondary N) is 1. The first-order valence-corrected chi connectivity index (χ1v) is 7.47. The van der Waals surface area contributed by atoms with Gasteiger partial charge in [-0.1, -0.05) is 12.1 Å². The summed E-state index contributed by atoms with van der Waals surface area (Å²) in [7, 11) is 0. The van der Waals surface area contributed by atoms with Crippen LogP contribution in [0.15, 0.2) is 45.9 Å². The van der Waals surface area contributed by atoms with Crippen LogP contribution >= 0.6 is 0 Å². The Morgan fingerprint density at radius 3 is 3.00 bits per heavy atom. The lowest BCUT2D eigenvalue weighted by atomic mass is 10.3. The molecule has 2 heterocycles. The third-order valence-electron chi connectivity index (χ3n) is 3.78. The normalized spacial score (nSPS) is 14.4. The smallest absolute Gasteiger partial charge is 0.293 e. The van der Waals surface area contributed by atoms with Gasteiger partial charge in [-0.2, -0.15) is 0 Å². The van der Waals surface area contributed by atoms with Crippen molar-refractivity contribution in [2.75, 3.05) is 11.9 Å². The van der Waals surface area contributed by atoms with Crippen molar-refractivity contribution in [3.05, 3.63) is 52.9 Å². The van der Waals surface area contributed by atoms with E-state index >= 15 is 0 Å². The molecule has 6 heteroatoms. The number of hydrogen-bond acceptors (Lipinski definition) is 5. The Morgan fingerprint density at radius 2 is 2.18 bits per heavy atom. The summed E-state index contributed by atoms with van der Waals surface area (Å²) in [5.41, 5.74) is 1.58. The lowest BCUT2D eigenvalue weighted by Gasteiger charge is -2.07. The van der Waals surface area contributed by atoms with Crippen molar-refractivity contribution in [1.82, 2.24) is 14.5 Å². The van der Waals surface area contributed by atoms with Gasteiger partial charge in [0.15, 0.2) is 17.3 Å². The minimum atomic E-state index is -0.0532. The fraction of sp³-hybridized carbons (Fsp3) is 0.312. The summed E-state index contributed by atoms with van der Waals surface area (Å²) in [6.07, 6.45) is 6.18. The molecule has 1 aliphatic carbocycles. The molecule has 1 N–H and O–H groups in total. The van der Waals surface area contributed by atoms with E-state index in [1.807, 2.05) is 24.3 Å². The van der Waals surface area contributed by atoms with E-state index in [4.69, 9.17) is 4.42 Å². The summed E-state index contributed by atoms with van der Waals surface area (Å²) < 4.78 is 7.41. The second-order valence-corrected chi connectivity index (χ2v) is 5.47. The number of nitrogens with zero attached hydrogens (tertiary/aromatic N) is 3. The van der Waals surface area contributed by atoms with Crippen molar-refractivity contribution in [3.8, 4) is 0 Å². The number of anilines is 1. The van der Waals surface area contributed by atoms with Crippen LogP contribution in [0.4, 0.5) is 5.82 Å². The first-order valence-electron chi connectivity index (χ1n) is 7.47. The minimum absolute atomic E-state index is 0.0532. The van der Waals surface area contributed by atoms with Gasteiger partial charge in [0.05, 0.1) is 0 Å². The maximum absolute atomic E-state index is 12.2. The monoisotopic (exact) mass is 296 g/mol. The van der Waals surface area contributed by atoms with E-state index in [2.05, 4.69) is 15.3 Å². The molecular weight excluding hydrogens is 280 g/mol. The highest BCUT2D eigenvalue weighted by Crippen LogP contribution is 2.33. The van der Waals surface area contributed by atoms with Gasteiger partial charge < -0.3 is 14.3 Å². The molecule has 0 unspecified atom stereocenters. The zero-order chi connectivity index (χ0) is 14.9. The highest BCUT2D eigenvalue weighted by molar-refractivity contribution is 5.72. The molecule has 0 amide bonds. The maximum atomic E-state index is 12.2. The van der Waals surface area contributed by atoms with Crippen LogP contribution < -0.4 is 10.9 Å².